The molecule has 2 aromatic carbocycles. The van der Waals surface area contributed by atoms with Crippen LogP contribution in [0.15, 0.2) is 42.5 Å². The van der Waals surface area contributed by atoms with E-state index >= 15 is 0 Å². The molecule has 1 atom stereocenters. The zero-order valence-electron chi connectivity index (χ0n) is 15.8. The van der Waals surface area contributed by atoms with Gasteiger partial charge < -0.3 is 15.1 Å². The second-order valence-corrected chi connectivity index (χ2v) is 7.94. The van der Waals surface area contributed by atoms with Gasteiger partial charge in [0.1, 0.15) is 6.54 Å². The van der Waals surface area contributed by atoms with Crippen LogP contribution in [0.3, 0.4) is 0 Å². The number of anilines is 2. The number of benzene rings is 2. The molecule has 1 fully saturated rings. The van der Waals surface area contributed by atoms with Crippen LogP contribution in [0.4, 0.5) is 11.4 Å². The van der Waals surface area contributed by atoms with Crippen molar-refractivity contribution in [2.45, 2.75) is 25.8 Å². The molecule has 2 aromatic rings. The Morgan fingerprint density at radius 1 is 1.14 bits per heavy atom. The first kappa shape index (κ1) is 20.6. The van der Waals surface area contributed by atoms with Crippen LogP contribution in [0.25, 0.3) is 0 Å². The lowest BCUT2D eigenvalue weighted by Gasteiger charge is -2.16. The van der Waals surface area contributed by atoms with Crippen molar-refractivity contribution in [3.05, 3.63) is 58.1 Å². The fourth-order valence-corrected chi connectivity index (χ4v) is 3.60. The first-order chi connectivity index (χ1) is 13.4. The minimum absolute atomic E-state index is 0.0292. The summed E-state index contributed by atoms with van der Waals surface area (Å²) in [7, 11) is 2.04. The number of quaternary nitrogens is 1. The van der Waals surface area contributed by atoms with E-state index in [1.54, 1.807) is 11.0 Å². The Morgan fingerprint density at radius 3 is 2.54 bits per heavy atom. The van der Waals surface area contributed by atoms with Crippen molar-refractivity contribution in [3.63, 3.8) is 0 Å². The first-order valence-electron chi connectivity index (χ1n) is 9.38. The number of amides is 2. The lowest BCUT2D eigenvalue weighted by Crippen LogP contribution is -3.07. The Kier molecular flexibility index (Phi) is 6.94. The number of nitrogens with one attached hydrogen (secondary N) is 2. The molecule has 0 aromatic heterocycles. The third-order valence-electron chi connectivity index (χ3n) is 4.80. The maximum absolute atomic E-state index is 12.2. The number of hydrogen-bond donors (Lipinski definition) is 2. The van der Waals surface area contributed by atoms with E-state index in [4.69, 9.17) is 23.2 Å². The monoisotopic (exact) mass is 420 g/mol. The largest absolute Gasteiger partial charge is 0.333 e. The van der Waals surface area contributed by atoms with Crippen LogP contribution >= 0.6 is 23.2 Å². The molecule has 0 saturated carbocycles. The maximum atomic E-state index is 12.2. The van der Waals surface area contributed by atoms with Crippen molar-refractivity contribution in [2.24, 2.45) is 0 Å². The van der Waals surface area contributed by atoms with Gasteiger partial charge in [-0.2, -0.15) is 0 Å². The van der Waals surface area contributed by atoms with Gasteiger partial charge >= 0.3 is 0 Å². The molecule has 28 heavy (non-hydrogen) atoms. The van der Waals surface area contributed by atoms with Crippen LogP contribution in [0.2, 0.25) is 10.0 Å². The second-order valence-electron chi connectivity index (χ2n) is 7.13. The molecule has 5 nitrogen and oxygen atoms in total. The molecule has 2 N–H and O–H groups in total. The number of carbonyl (C=O) groups excluding carboxylic acids is 2. The van der Waals surface area contributed by atoms with Crippen molar-refractivity contribution in [1.29, 1.82) is 0 Å². The predicted molar refractivity (Wildman–Crippen MR) is 113 cm³/mol. The minimum atomic E-state index is -0.0292. The summed E-state index contributed by atoms with van der Waals surface area (Å²) in [6, 6.07) is 13.0. The Bertz CT molecular complexity index is 855. The number of hydrogen-bond acceptors (Lipinski definition) is 2. The normalized spacial score (nSPS) is 15.0. The summed E-state index contributed by atoms with van der Waals surface area (Å²) in [4.78, 5) is 27.0. The summed E-state index contributed by atoms with van der Waals surface area (Å²) in [5.74, 6) is 0.128. The Morgan fingerprint density at radius 2 is 1.89 bits per heavy atom. The van der Waals surface area contributed by atoms with Crippen molar-refractivity contribution in [3.8, 4) is 0 Å². The summed E-state index contributed by atoms with van der Waals surface area (Å²) in [6.45, 7) is 2.23. The number of carbonyl (C=O) groups is 2. The van der Waals surface area contributed by atoms with Crippen LogP contribution in [-0.2, 0) is 16.1 Å². The highest BCUT2D eigenvalue weighted by atomic mass is 35.5. The smallest absolute Gasteiger partial charge is 0.230 e. The number of nitrogens with zero attached hydrogens (tertiary/aromatic N) is 1. The molecular formula is C21H24Cl2N3O2+. The maximum Gasteiger partial charge on any atom is 0.230 e. The van der Waals surface area contributed by atoms with E-state index in [0.717, 1.165) is 36.4 Å². The predicted octanol–water partition coefficient (Wildman–Crippen LogP) is 3.16. The average molecular weight is 421 g/mol. The molecule has 1 aliphatic heterocycles. The summed E-state index contributed by atoms with van der Waals surface area (Å²) >= 11 is 12.0. The van der Waals surface area contributed by atoms with E-state index in [1.165, 1.54) is 4.90 Å². The lowest BCUT2D eigenvalue weighted by atomic mass is 10.2. The van der Waals surface area contributed by atoms with Crippen molar-refractivity contribution in [1.82, 2.24) is 0 Å². The van der Waals surface area contributed by atoms with E-state index in [2.05, 4.69) is 5.32 Å². The zero-order valence-corrected chi connectivity index (χ0v) is 17.3. The molecule has 2 amide bonds. The molecule has 7 heteroatoms. The highest BCUT2D eigenvalue weighted by Crippen LogP contribution is 2.23. The highest BCUT2D eigenvalue weighted by molar-refractivity contribution is 6.42. The Balaban J connectivity index is 1.45. The molecule has 0 spiro atoms. The van der Waals surface area contributed by atoms with E-state index in [9.17, 15) is 9.59 Å². The van der Waals surface area contributed by atoms with Gasteiger partial charge in [0.2, 0.25) is 11.8 Å². The van der Waals surface area contributed by atoms with E-state index in [-0.39, 0.29) is 11.8 Å². The van der Waals surface area contributed by atoms with Crippen molar-refractivity contribution in [2.75, 3.05) is 30.4 Å². The fraction of sp³-hybridized carbons (Fsp3) is 0.333. The van der Waals surface area contributed by atoms with Gasteiger partial charge in [-0.05, 0) is 42.8 Å². The zero-order chi connectivity index (χ0) is 20.1. The van der Waals surface area contributed by atoms with Crippen LogP contribution in [0.5, 0.6) is 0 Å². The van der Waals surface area contributed by atoms with Crippen LogP contribution in [-0.4, -0.2) is 32.0 Å². The SMILES string of the molecule is C[NH+](CCC(=O)Nc1ccc(N2CCCC2=O)cc1)Cc1ccc(Cl)c(Cl)c1. The highest BCUT2D eigenvalue weighted by Gasteiger charge is 2.21. The third kappa shape index (κ3) is 5.47. The van der Waals surface area contributed by atoms with Gasteiger partial charge in [0.15, 0.2) is 0 Å². The van der Waals surface area contributed by atoms with Gasteiger partial charge in [-0.25, -0.2) is 0 Å². The first-order valence-corrected chi connectivity index (χ1v) is 10.1. The quantitative estimate of drug-likeness (QED) is 0.722. The molecule has 0 aliphatic carbocycles. The molecule has 1 heterocycles. The minimum Gasteiger partial charge on any atom is -0.333 e. The molecule has 0 radical (unpaired) electrons. The van der Waals surface area contributed by atoms with Gasteiger partial charge in [0.05, 0.1) is 30.1 Å². The molecule has 1 aliphatic rings. The summed E-state index contributed by atoms with van der Waals surface area (Å²) in [5, 5.41) is 4.00. The molecule has 1 saturated heterocycles. The summed E-state index contributed by atoms with van der Waals surface area (Å²) < 4.78 is 0. The average Bonchev–Trinajstić information content (AvgIpc) is 3.10. The van der Waals surface area contributed by atoms with Gasteiger partial charge in [0.25, 0.3) is 0 Å². The van der Waals surface area contributed by atoms with Crippen LogP contribution in [0.1, 0.15) is 24.8 Å². The summed E-state index contributed by atoms with van der Waals surface area (Å²) in [5.41, 5.74) is 2.70. The van der Waals surface area contributed by atoms with Gasteiger partial charge in [-0.15, -0.1) is 0 Å². The van der Waals surface area contributed by atoms with Crippen LogP contribution < -0.4 is 15.1 Å². The van der Waals surface area contributed by atoms with E-state index in [1.807, 2.05) is 43.4 Å². The molecule has 1 unspecified atom stereocenters. The molecule has 3 rings (SSSR count). The number of halogens is 2. The van der Waals surface area contributed by atoms with Crippen LogP contribution in [0, 0.1) is 0 Å². The topological polar surface area (TPSA) is 53.9 Å². The number of rotatable bonds is 7. The van der Waals surface area contributed by atoms with Gasteiger partial charge in [-0.3, -0.25) is 9.59 Å². The van der Waals surface area contributed by atoms with E-state index < -0.39 is 0 Å². The van der Waals surface area contributed by atoms with Crippen molar-refractivity contribution >= 4 is 46.4 Å². The van der Waals surface area contributed by atoms with Gasteiger partial charge in [0, 0.05) is 29.9 Å². The molecular weight excluding hydrogens is 397 g/mol. The summed E-state index contributed by atoms with van der Waals surface area (Å²) in [6.07, 6.45) is 1.92. The van der Waals surface area contributed by atoms with Crippen molar-refractivity contribution < 1.29 is 14.5 Å². The fourth-order valence-electron chi connectivity index (χ4n) is 3.28. The van der Waals surface area contributed by atoms with E-state index in [0.29, 0.717) is 29.4 Å². The standard InChI is InChI=1S/C21H23Cl2N3O2/c1-25(14-15-4-9-18(22)19(23)13-15)12-10-20(27)24-16-5-7-17(8-6-16)26-11-2-3-21(26)28/h4-9,13H,2-3,10-12,14H2,1H3,(H,24,27)/p+1. The lowest BCUT2D eigenvalue weighted by molar-refractivity contribution is -0.893. The Labute approximate surface area is 175 Å². The Hall–Kier alpha value is -2.08. The molecule has 0 bridgehead atoms. The third-order valence-corrected chi connectivity index (χ3v) is 5.54. The molecule has 148 valence electrons. The second kappa shape index (κ2) is 9.41. The van der Waals surface area contributed by atoms with Gasteiger partial charge in [-0.1, -0.05) is 29.3 Å².